The molecule has 0 aliphatic carbocycles. The number of ether oxygens (including phenoxy) is 2. The molecule has 4 aromatic rings. The second-order valence-electron chi connectivity index (χ2n) is 10.7. The number of fused-ring (bicyclic) bond motifs is 1. The molecule has 0 radical (unpaired) electrons. The van der Waals surface area contributed by atoms with Gasteiger partial charge in [-0.1, -0.05) is 59.6 Å². The number of anilines is 1. The molecule has 4 aromatic carbocycles. The SMILES string of the molecule is CCNC(=O)[C@@H](Cc1ccccc1)N(Cc1ccc(Cl)c(Cl)c1)C(=O)CN(c1ccc(F)cc1)S(=O)(=O)c1ccc2c(c1)OCCO2. The molecule has 0 spiro atoms. The summed E-state index contributed by atoms with van der Waals surface area (Å²) in [5.74, 6) is -1.07. The van der Waals surface area contributed by atoms with Crippen molar-refractivity contribution in [3.8, 4) is 11.5 Å². The number of halogens is 3. The van der Waals surface area contributed by atoms with E-state index < -0.39 is 40.2 Å². The first-order valence-electron chi connectivity index (χ1n) is 14.8. The lowest BCUT2D eigenvalue weighted by Gasteiger charge is -2.34. The molecule has 0 bridgehead atoms. The highest BCUT2D eigenvalue weighted by molar-refractivity contribution is 7.92. The minimum atomic E-state index is -4.44. The third kappa shape index (κ3) is 8.16. The second kappa shape index (κ2) is 15.1. The van der Waals surface area contributed by atoms with Crippen molar-refractivity contribution in [2.24, 2.45) is 0 Å². The van der Waals surface area contributed by atoms with Crippen LogP contribution >= 0.6 is 23.2 Å². The Balaban J connectivity index is 1.57. The fraction of sp³-hybridized carbons (Fsp3) is 0.235. The van der Waals surface area contributed by atoms with Crippen molar-refractivity contribution in [1.29, 1.82) is 0 Å². The summed E-state index contributed by atoms with van der Waals surface area (Å²) in [6, 6.07) is 21.9. The Labute approximate surface area is 282 Å². The van der Waals surface area contributed by atoms with Crippen LogP contribution in [0.1, 0.15) is 18.1 Å². The number of hydrogen-bond acceptors (Lipinski definition) is 6. The van der Waals surface area contributed by atoms with Crippen LogP contribution in [0.2, 0.25) is 10.0 Å². The van der Waals surface area contributed by atoms with Crippen molar-refractivity contribution < 1.29 is 31.9 Å². The topological polar surface area (TPSA) is 105 Å². The van der Waals surface area contributed by atoms with Crippen LogP contribution in [-0.2, 0) is 32.6 Å². The highest BCUT2D eigenvalue weighted by Crippen LogP contribution is 2.34. The maximum absolute atomic E-state index is 14.5. The normalized spacial score (nSPS) is 13.0. The van der Waals surface area contributed by atoms with Crippen molar-refractivity contribution in [3.63, 3.8) is 0 Å². The van der Waals surface area contributed by atoms with Gasteiger partial charge in [-0.05, 0) is 66.6 Å². The summed E-state index contributed by atoms with van der Waals surface area (Å²) in [5, 5.41) is 3.37. The second-order valence-corrected chi connectivity index (χ2v) is 13.3. The van der Waals surface area contributed by atoms with Gasteiger partial charge in [-0.2, -0.15) is 0 Å². The van der Waals surface area contributed by atoms with E-state index in [2.05, 4.69) is 5.32 Å². The zero-order valence-corrected chi connectivity index (χ0v) is 27.7. The standard InChI is InChI=1S/C34H32Cl2FN3O6S/c1-2-38-34(42)30(19-23-6-4-3-5-7-23)39(21-24-8-14-28(35)29(36)18-24)33(41)22-40(26-11-9-25(37)10-12-26)47(43,44)27-13-15-31-32(20-27)46-17-16-45-31/h3-15,18,20,30H,2,16-17,19,21-22H2,1H3,(H,38,42)/t30-/m1/s1. The van der Waals surface area contributed by atoms with Crippen LogP contribution in [0.15, 0.2) is 95.9 Å². The average molecular weight is 701 g/mol. The van der Waals surface area contributed by atoms with Gasteiger partial charge in [0, 0.05) is 25.6 Å². The van der Waals surface area contributed by atoms with E-state index in [0.717, 1.165) is 22.0 Å². The molecule has 13 heteroatoms. The molecule has 0 aromatic heterocycles. The number of carbonyl (C=O) groups excluding carboxylic acids is 2. The summed E-state index contributed by atoms with van der Waals surface area (Å²) < 4.78 is 54.5. The van der Waals surface area contributed by atoms with Crippen molar-refractivity contribution in [2.45, 2.75) is 30.8 Å². The van der Waals surface area contributed by atoms with E-state index in [1.807, 2.05) is 30.3 Å². The number of nitrogens with zero attached hydrogens (tertiary/aromatic N) is 2. The Morgan fingerprint density at radius 1 is 0.872 bits per heavy atom. The number of amides is 2. The highest BCUT2D eigenvalue weighted by atomic mass is 35.5. The van der Waals surface area contributed by atoms with Crippen LogP contribution in [0, 0.1) is 5.82 Å². The molecule has 1 aliphatic rings. The zero-order chi connectivity index (χ0) is 33.6. The number of rotatable bonds is 12. The van der Waals surface area contributed by atoms with Gasteiger partial charge >= 0.3 is 0 Å². The molecule has 2 amide bonds. The zero-order valence-electron chi connectivity index (χ0n) is 25.4. The first kappa shape index (κ1) is 34.0. The summed E-state index contributed by atoms with van der Waals surface area (Å²) in [6.07, 6.45) is 0.144. The predicted octanol–water partition coefficient (Wildman–Crippen LogP) is 5.88. The Morgan fingerprint density at radius 3 is 2.26 bits per heavy atom. The molecule has 0 fully saturated rings. The third-order valence-electron chi connectivity index (χ3n) is 7.45. The van der Waals surface area contributed by atoms with Crippen molar-refractivity contribution >= 4 is 50.7 Å². The van der Waals surface area contributed by atoms with E-state index in [-0.39, 0.29) is 40.9 Å². The molecule has 0 unspecified atom stereocenters. The maximum atomic E-state index is 14.5. The average Bonchev–Trinajstić information content (AvgIpc) is 3.07. The fourth-order valence-electron chi connectivity index (χ4n) is 5.13. The quantitative estimate of drug-likeness (QED) is 0.198. The summed E-state index contributed by atoms with van der Waals surface area (Å²) in [4.78, 5) is 29.2. The van der Waals surface area contributed by atoms with Crippen molar-refractivity contribution in [1.82, 2.24) is 10.2 Å². The number of likely N-dealkylation sites (N-methyl/N-ethyl adjacent to an activating group) is 1. The first-order chi connectivity index (χ1) is 22.6. The van der Waals surface area contributed by atoms with Gasteiger partial charge in [-0.25, -0.2) is 12.8 Å². The van der Waals surface area contributed by atoms with Gasteiger partial charge in [0.25, 0.3) is 10.0 Å². The minimum absolute atomic E-state index is 0.0433. The molecular formula is C34H32Cl2FN3O6S. The number of nitrogens with one attached hydrogen (secondary N) is 1. The van der Waals surface area contributed by atoms with E-state index >= 15 is 0 Å². The van der Waals surface area contributed by atoms with Gasteiger partial charge in [-0.3, -0.25) is 13.9 Å². The molecule has 47 heavy (non-hydrogen) atoms. The van der Waals surface area contributed by atoms with Gasteiger partial charge in [0.05, 0.1) is 20.6 Å². The van der Waals surface area contributed by atoms with E-state index in [0.29, 0.717) is 29.5 Å². The molecule has 1 aliphatic heterocycles. The predicted molar refractivity (Wildman–Crippen MR) is 178 cm³/mol. The summed E-state index contributed by atoms with van der Waals surface area (Å²) in [5.41, 5.74) is 1.40. The van der Waals surface area contributed by atoms with Gasteiger partial charge in [-0.15, -0.1) is 0 Å². The van der Waals surface area contributed by atoms with E-state index in [9.17, 15) is 22.4 Å². The van der Waals surface area contributed by atoms with Crippen LogP contribution in [0.3, 0.4) is 0 Å². The Hall–Kier alpha value is -4.32. The minimum Gasteiger partial charge on any atom is -0.486 e. The van der Waals surface area contributed by atoms with Crippen LogP contribution < -0.4 is 19.1 Å². The van der Waals surface area contributed by atoms with Crippen LogP contribution in [-0.4, -0.2) is 57.5 Å². The molecule has 1 atom stereocenters. The summed E-state index contributed by atoms with van der Waals surface area (Å²) in [7, 11) is -4.44. The smallest absolute Gasteiger partial charge is 0.264 e. The maximum Gasteiger partial charge on any atom is 0.264 e. The van der Waals surface area contributed by atoms with E-state index in [1.54, 1.807) is 25.1 Å². The first-order valence-corrected chi connectivity index (χ1v) is 17.0. The highest BCUT2D eigenvalue weighted by Gasteiger charge is 2.35. The Kier molecular flexibility index (Phi) is 10.9. The molecular weight excluding hydrogens is 668 g/mol. The van der Waals surface area contributed by atoms with Gasteiger partial charge in [0.15, 0.2) is 11.5 Å². The number of sulfonamides is 1. The molecule has 1 heterocycles. The molecule has 5 rings (SSSR count). The fourth-order valence-corrected chi connectivity index (χ4v) is 6.88. The van der Waals surface area contributed by atoms with Crippen LogP contribution in [0.25, 0.3) is 0 Å². The molecule has 1 N–H and O–H groups in total. The number of benzene rings is 4. The number of carbonyl (C=O) groups is 2. The molecule has 246 valence electrons. The Morgan fingerprint density at radius 2 is 1.57 bits per heavy atom. The van der Waals surface area contributed by atoms with Crippen molar-refractivity contribution in [2.75, 3.05) is 30.6 Å². The lowest BCUT2D eigenvalue weighted by Crippen LogP contribution is -2.53. The van der Waals surface area contributed by atoms with Crippen molar-refractivity contribution in [3.05, 3.63) is 118 Å². The van der Waals surface area contributed by atoms with Crippen LogP contribution in [0.5, 0.6) is 11.5 Å². The van der Waals surface area contributed by atoms with Gasteiger partial charge in [0.1, 0.15) is 31.6 Å². The summed E-state index contributed by atoms with van der Waals surface area (Å²) in [6.45, 7) is 1.82. The number of hydrogen-bond donors (Lipinski definition) is 1. The van der Waals surface area contributed by atoms with E-state index in [4.69, 9.17) is 32.7 Å². The monoisotopic (exact) mass is 699 g/mol. The van der Waals surface area contributed by atoms with Gasteiger partial charge in [0.2, 0.25) is 11.8 Å². The van der Waals surface area contributed by atoms with Gasteiger partial charge < -0.3 is 19.7 Å². The largest absolute Gasteiger partial charge is 0.486 e. The molecule has 0 saturated carbocycles. The van der Waals surface area contributed by atoms with Crippen LogP contribution in [0.4, 0.5) is 10.1 Å². The molecule has 9 nitrogen and oxygen atoms in total. The Bertz CT molecular complexity index is 1840. The molecule has 0 saturated heterocycles. The van der Waals surface area contributed by atoms with E-state index in [1.165, 1.54) is 35.2 Å². The lowest BCUT2D eigenvalue weighted by molar-refractivity contribution is -0.140. The third-order valence-corrected chi connectivity index (χ3v) is 9.96. The summed E-state index contributed by atoms with van der Waals surface area (Å²) >= 11 is 12.5. The lowest BCUT2D eigenvalue weighted by atomic mass is 10.0.